The van der Waals surface area contributed by atoms with Crippen molar-refractivity contribution >= 4 is 44.4 Å². The Balaban J connectivity index is 1.73. The molecule has 33 heavy (non-hydrogen) atoms. The molecule has 1 amide bonds. The van der Waals surface area contributed by atoms with Crippen LogP contribution >= 0.6 is 11.3 Å². The number of ketones is 1. The summed E-state index contributed by atoms with van der Waals surface area (Å²) in [6.45, 7) is 2.01. The maximum absolute atomic E-state index is 13.3. The third-order valence-corrected chi connectivity index (χ3v) is 7.78. The molecule has 9 heteroatoms. The molecular weight excluding hydrogens is 460 g/mol. The van der Waals surface area contributed by atoms with Crippen molar-refractivity contribution in [3.05, 3.63) is 70.9 Å². The van der Waals surface area contributed by atoms with Crippen LogP contribution in [0.4, 0.5) is 11.4 Å². The van der Waals surface area contributed by atoms with Gasteiger partial charge >= 0.3 is 0 Å². The van der Waals surface area contributed by atoms with E-state index in [-0.39, 0.29) is 41.7 Å². The van der Waals surface area contributed by atoms with E-state index in [1.165, 1.54) is 41.0 Å². The van der Waals surface area contributed by atoms with Gasteiger partial charge in [-0.1, -0.05) is 24.3 Å². The number of thiophene rings is 1. The molecule has 0 aliphatic rings. The van der Waals surface area contributed by atoms with Crippen molar-refractivity contribution in [3.8, 4) is 5.75 Å². The van der Waals surface area contributed by atoms with Crippen molar-refractivity contribution in [2.24, 2.45) is 0 Å². The van der Waals surface area contributed by atoms with Gasteiger partial charge in [0.15, 0.2) is 5.78 Å². The topological polar surface area (TPSA) is 92.8 Å². The van der Waals surface area contributed by atoms with Gasteiger partial charge in [0.05, 0.1) is 28.3 Å². The molecular formula is C24H26N2O5S2. The molecule has 0 spiro atoms. The minimum absolute atomic E-state index is 0.00374. The van der Waals surface area contributed by atoms with E-state index in [0.29, 0.717) is 22.7 Å². The van der Waals surface area contributed by atoms with E-state index in [1.54, 1.807) is 37.3 Å². The molecule has 174 valence electrons. The minimum Gasteiger partial charge on any atom is -0.495 e. The average molecular weight is 487 g/mol. The average Bonchev–Trinajstić information content (AvgIpc) is 3.35. The smallest absolute Gasteiger partial charge is 0.264 e. The van der Waals surface area contributed by atoms with Crippen LogP contribution in [0.3, 0.4) is 0 Å². The highest BCUT2D eigenvalue weighted by atomic mass is 32.2. The summed E-state index contributed by atoms with van der Waals surface area (Å²) in [7, 11) is -2.41. The zero-order chi connectivity index (χ0) is 23.8. The van der Waals surface area contributed by atoms with Crippen LogP contribution in [0.5, 0.6) is 5.75 Å². The van der Waals surface area contributed by atoms with E-state index in [4.69, 9.17) is 4.74 Å². The lowest BCUT2D eigenvalue weighted by atomic mass is 10.1. The number of rotatable bonds is 11. The van der Waals surface area contributed by atoms with Gasteiger partial charge in [0, 0.05) is 19.4 Å². The Labute approximate surface area is 198 Å². The molecule has 0 fully saturated rings. The highest BCUT2D eigenvalue weighted by molar-refractivity contribution is 7.92. The largest absolute Gasteiger partial charge is 0.495 e. The fourth-order valence-corrected chi connectivity index (χ4v) is 5.54. The second-order valence-electron chi connectivity index (χ2n) is 7.17. The number of carbonyl (C=O) groups is 2. The second kappa shape index (κ2) is 11.1. The number of ether oxygens (including phenoxy) is 1. The summed E-state index contributed by atoms with van der Waals surface area (Å²) in [6, 6.07) is 16.8. The molecule has 0 unspecified atom stereocenters. The number of Topliss-reactive ketones (excluding diaryl/α,β-unsaturated/α-hetero) is 1. The Kier molecular flexibility index (Phi) is 8.24. The highest BCUT2D eigenvalue weighted by Gasteiger charge is 2.25. The lowest BCUT2D eigenvalue weighted by Crippen LogP contribution is -2.30. The molecule has 0 saturated heterocycles. The van der Waals surface area contributed by atoms with E-state index < -0.39 is 10.0 Å². The molecule has 0 aliphatic carbocycles. The lowest BCUT2D eigenvalue weighted by molar-refractivity contribution is -0.116. The molecule has 0 atom stereocenters. The maximum atomic E-state index is 13.3. The van der Waals surface area contributed by atoms with Crippen molar-refractivity contribution in [1.29, 1.82) is 0 Å². The molecule has 3 rings (SSSR count). The van der Waals surface area contributed by atoms with Crippen molar-refractivity contribution in [1.82, 2.24) is 0 Å². The van der Waals surface area contributed by atoms with Crippen LogP contribution < -0.4 is 14.4 Å². The molecule has 3 aromatic rings. The van der Waals surface area contributed by atoms with Crippen LogP contribution in [0.1, 0.15) is 35.9 Å². The van der Waals surface area contributed by atoms with E-state index in [1.807, 2.05) is 17.5 Å². The summed E-state index contributed by atoms with van der Waals surface area (Å²) >= 11 is 1.38. The van der Waals surface area contributed by atoms with Crippen LogP contribution in [0.2, 0.25) is 0 Å². The second-order valence-corrected chi connectivity index (χ2v) is 9.98. The Morgan fingerprint density at radius 1 is 1.03 bits per heavy atom. The summed E-state index contributed by atoms with van der Waals surface area (Å²) in [5.74, 6) is 0.0287. The highest BCUT2D eigenvalue weighted by Crippen LogP contribution is 2.31. The number of hydrogen-bond acceptors (Lipinski definition) is 6. The zero-order valence-electron chi connectivity index (χ0n) is 18.5. The molecule has 0 radical (unpaired) electrons. The number of benzene rings is 2. The van der Waals surface area contributed by atoms with E-state index in [2.05, 4.69) is 5.32 Å². The van der Waals surface area contributed by atoms with Gasteiger partial charge < -0.3 is 10.1 Å². The molecule has 0 aliphatic heterocycles. The van der Waals surface area contributed by atoms with Crippen LogP contribution in [-0.4, -0.2) is 33.8 Å². The molecule has 2 aromatic carbocycles. The van der Waals surface area contributed by atoms with Crippen molar-refractivity contribution in [3.63, 3.8) is 0 Å². The molecule has 0 saturated carbocycles. The van der Waals surface area contributed by atoms with Gasteiger partial charge in [-0.05, 0) is 55.1 Å². The van der Waals surface area contributed by atoms with Crippen molar-refractivity contribution in [2.45, 2.75) is 31.1 Å². The Morgan fingerprint density at radius 3 is 2.42 bits per heavy atom. The molecule has 1 aromatic heterocycles. The Bertz CT molecular complexity index is 1190. The summed E-state index contributed by atoms with van der Waals surface area (Å²) < 4.78 is 33.2. The summed E-state index contributed by atoms with van der Waals surface area (Å²) in [4.78, 5) is 25.3. The van der Waals surface area contributed by atoms with Gasteiger partial charge in [0.1, 0.15) is 5.75 Å². The molecule has 1 N–H and O–H groups in total. The van der Waals surface area contributed by atoms with Gasteiger partial charge in [0.2, 0.25) is 5.91 Å². The first-order chi connectivity index (χ1) is 15.9. The summed E-state index contributed by atoms with van der Waals surface area (Å²) in [6.07, 6.45) is 0.783. The number of nitrogens with one attached hydrogen (secondary N) is 1. The molecule has 0 bridgehead atoms. The Morgan fingerprint density at radius 2 is 1.79 bits per heavy atom. The number of carbonyl (C=O) groups excluding carboxylic acids is 2. The van der Waals surface area contributed by atoms with Crippen molar-refractivity contribution in [2.75, 3.05) is 23.3 Å². The quantitative estimate of drug-likeness (QED) is 0.387. The van der Waals surface area contributed by atoms with Gasteiger partial charge in [-0.2, -0.15) is 0 Å². The van der Waals surface area contributed by atoms with Gasteiger partial charge in [0.25, 0.3) is 10.0 Å². The summed E-state index contributed by atoms with van der Waals surface area (Å²) in [5, 5.41) is 4.56. The lowest BCUT2D eigenvalue weighted by Gasteiger charge is -2.23. The first-order valence-electron chi connectivity index (χ1n) is 10.5. The number of para-hydroxylation sites is 1. The number of sulfonamides is 1. The third kappa shape index (κ3) is 6.00. The Hall–Kier alpha value is -3.17. The monoisotopic (exact) mass is 486 g/mol. The first-order valence-corrected chi connectivity index (χ1v) is 12.8. The van der Waals surface area contributed by atoms with E-state index in [0.717, 1.165) is 0 Å². The number of nitrogens with zero attached hydrogens (tertiary/aromatic N) is 1. The third-order valence-electron chi connectivity index (χ3n) is 4.97. The predicted molar refractivity (Wildman–Crippen MR) is 131 cm³/mol. The van der Waals surface area contributed by atoms with Crippen molar-refractivity contribution < 1.29 is 22.7 Å². The number of hydrogen-bond donors (Lipinski definition) is 1. The fourth-order valence-electron chi connectivity index (χ4n) is 3.34. The standard InChI is InChI=1S/C24H26N2O5S2/c1-3-26(18-9-5-4-6-10-18)33(29,30)19-14-15-22(31-2)20(17-19)25-24(28)13-7-11-21(27)23-12-8-16-32-23/h4-6,8-10,12,14-17H,3,7,11,13H2,1-2H3,(H,25,28). The normalized spacial score (nSPS) is 11.1. The number of amides is 1. The van der Waals surface area contributed by atoms with Crippen LogP contribution in [0, 0.1) is 0 Å². The van der Waals surface area contributed by atoms with E-state index in [9.17, 15) is 18.0 Å². The SMILES string of the molecule is CCN(c1ccccc1)S(=O)(=O)c1ccc(OC)c(NC(=O)CCCC(=O)c2cccs2)c1. The van der Waals surface area contributed by atoms with Crippen LogP contribution in [-0.2, 0) is 14.8 Å². The van der Waals surface area contributed by atoms with Crippen LogP contribution in [0.15, 0.2) is 70.9 Å². The van der Waals surface area contributed by atoms with Gasteiger partial charge in [-0.25, -0.2) is 8.42 Å². The number of anilines is 2. The maximum Gasteiger partial charge on any atom is 0.264 e. The minimum atomic E-state index is -3.86. The first kappa shape index (κ1) is 24.5. The molecule has 7 nitrogen and oxygen atoms in total. The van der Waals surface area contributed by atoms with Gasteiger partial charge in [-0.15, -0.1) is 11.3 Å². The predicted octanol–water partition coefficient (Wildman–Crippen LogP) is 4.96. The number of methoxy groups -OCH3 is 1. The van der Waals surface area contributed by atoms with Crippen LogP contribution in [0.25, 0.3) is 0 Å². The van der Waals surface area contributed by atoms with E-state index >= 15 is 0 Å². The summed E-state index contributed by atoms with van der Waals surface area (Å²) in [5.41, 5.74) is 0.814. The molecule has 1 heterocycles. The zero-order valence-corrected chi connectivity index (χ0v) is 20.1. The fraction of sp³-hybridized carbons (Fsp3) is 0.250. The van der Waals surface area contributed by atoms with Gasteiger partial charge in [-0.3, -0.25) is 13.9 Å².